The monoisotopic (exact) mass is 556 g/mol. The zero-order valence-corrected chi connectivity index (χ0v) is 23.9. The summed E-state index contributed by atoms with van der Waals surface area (Å²) in [4.78, 5) is 30.3. The van der Waals surface area contributed by atoms with Gasteiger partial charge >= 0.3 is 5.97 Å². The molecule has 0 fully saturated rings. The second-order valence-electron chi connectivity index (χ2n) is 9.88. The van der Waals surface area contributed by atoms with Gasteiger partial charge in [-0.3, -0.25) is 9.59 Å². The van der Waals surface area contributed by atoms with Gasteiger partial charge in [-0.05, 0) is 66.3 Å². The third-order valence-corrected chi connectivity index (χ3v) is 7.63. The zero-order valence-electron chi connectivity index (χ0n) is 23.1. The Morgan fingerprint density at radius 1 is 0.925 bits per heavy atom. The first-order chi connectivity index (χ1) is 19.5. The molecule has 3 aromatic carbocycles. The van der Waals surface area contributed by atoms with Gasteiger partial charge in [0.1, 0.15) is 23.9 Å². The van der Waals surface area contributed by atoms with Crippen molar-refractivity contribution in [1.82, 2.24) is 9.88 Å². The van der Waals surface area contributed by atoms with E-state index < -0.39 is 12.5 Å². The van der Waals surface area contributed by atoms with Crippen molar-refractivity contribution >= 4 is 23.2 Å². The van der Waals surface area contributed by atoms with Crippen molar-refractivity contribution in [3.63, 3.8) is 0 Å². The molecule has 1 amide bonds. The van der Waals surface area contributed by atoms with Gasteiger partial charge in [0.25, 0.3) is 5.91 Å². The summed E-state index contributed by atoms with van der Waals surface area (Å²) in [5, 5.41) is 11.9. The van der Waals surface area contributed by atoms with Gasteiger partial charge in [-0.2, -0.15) is 0 Å². The van der Waals surface area contributed by atoms with Crippen molar-refractivity contribution in [3.8, 4) is 17.0 Å². The fourth-order valence-corrected chi connectivity index (χ4v) is 5.57. The Balaban J connectivity index is 1.36. The molecule has 4 aromatic rings. The van der Waals surface area contributed by atoms with Crippen molar-refractivity contribution in [1.29, 1.82) is 0 Å². The number of hydrogen-bond donors (Lipinski definition) is 1. The summed E-state index contributed by atoms with van der Waals surface area (Å²) >= 11 is 1.40. The second kappa shape index (κ2) is 14.4. The lowest BCUT2D eigenvalue weighted by molar-refractivity contribution is -0.137. The first-order valence-corrected chi connectivity index (χ1v) is 14.7. The lowest BCUT2D eigenvalue weighted by atomic mass is 9.90. The normalized spacial score (nSPS) is 11.0. The van der Waals surface area contributed by atoms with E-state index >= 15 is 0 Å². The number of hydrogen-bond acceptors (Lipinski definition) is 5. The maximum atomic E-state index is 12.9. The highest BCUT2D eigenvalue weighted by atomic mass is 32.1. The number of aliphatic carboxylic acids is 1. The number of amides is 1. The first kappa shape index (κ1) is 29.0. The number of thiazole rings is 1. The van der Waals surface area contributed by atoms with Crippen molar-refractivity contribution in [2.45, 2.75) is 58.6 Å². The number of carbonyl (C=O) groups is 2. The summed E-state index contributed by atoms with van der Waals surface area (Å²) < 4.78 is 6.02. The third-order valence-electron chi connectivity index (χ3n) is 6.79. The van der Waals surface area contributed by atoms with Crippen LogP contribution in [0.2, 0.25) is 0 Å². The van der Waals surface area contributed by atoms with E-state index in [1.165, 1.54) is 47.5 Å². The summed E-state index contributed by atoms with van der Waals surface area (Å²) in [7, 11) is 0. The number of aromatic nitrogens is 1. The molecule has 208 valence electrons. The highest BCUT2D eigenvalue weighted by molar-refractivity contribution is 7.09. The minimum absolute atomic E-state index is 0.127. The molecule has 0 bridgehead atoms. The standard InChI is InChI=1S/C33H36N2O4S/c1-3-8-25(9-4-2)26-14-12-24(13-15-26)22-39-29-18-16-27(17-19-29)30-23-40-31(34-30)20-35(21-32(36)37)33(38)28-10-6-5-7-11-28/h5-7,10-19,23,25H,3-4,8-9,20-22H2,1-2H3,(H,36,37). The Labute approximate surface area is 240 Å². The Morgan fingerprint density at radius 2 is 1.60 bits per heavy atom. The Bertz CT molecular complexity index is 1360. The summed E-state index contributed by atoms with van der Waals surface area (Å²) in [6, 6.07) is 25.3. The molecule has 0 radical (unpaired) electrons. The predicted octanol–water partition coefficient (Wildman–Crippen LogP) is 7.80. The SMILES string of the molecule is CCCC(CCC)c1ccc(COc2ccc(-c3csc(CN(CC(=O)O)C(=O)c4ccccc4)n3)cc2)cc1. The molecule has 1 heterocycles. The van der Waals surface area contributed by atoms with E-state index in [4.69, 9.17) is 4.74 Å². The average Bonchev–Trinajstić information content (AvgIpc) is 3.44. The molecule has 0 spiro atoms. The van der Waals surface area contributed by atoms with Gasteiger partial charge in [-0.15, -0.1) is 11.3 Å². The minimum atomic E-state index is -1.07. The maximum Gasteiger partial charge on any atom is 0.323 e. The van der Waals surface area contributed by atoms with Gasteiger partial charge in [0.05, 0.1) is 12.2 Å². The van der Waals surface area contributed by atoms with Crippen LogP contribution in [0, 0.1) is 0 Å². The molecule has 4 rings (SSSR count). The van der Waals surface area contributed by atoms with Crippen LogP contribution in [0.25, 0.3) is 11.3 Å². The number of nitrogens with zero attached hydrogens (tertiary/aromatic N) is 2. The van der Waals surface area contributed by atoms with E-state index in [2.05, 4.69) is 43.1 Å². The topological polar surface area (TPSA) is 79.7 Å². The van der Waals surface area contributed by atoms with E-state index in [-0.39, 0.29) is 12.5 Å². The van der Waals surface area contributed by atoms with Crippen LogP contribution in [0.5, 0.6) is 5.75 Å². The highest BCUT2D eigenvalue weighted by Crippen LogP contribution is 2.28. The van der Waals surface area contributed by atoms with Crippen LogP contribution < -0.4 is 4.74 Å². The molecule has 0 saturated carbocycles. The van der Waals surface area contributed by atoms with Crippen LogP contribution in [-0.2, 0) is 17.9 Å². The molecule has 0 aliphatic rings. The van der Waals surface area contributed by atoms with Crippen LogP contribution in [-0.4, -0.2) is 33.4 Å². The molecule has 40 heavy (non-hydrogen) atoms. The number of carboxylic acids is 1. The molecular formula is C33H36N2O4S. The summed E-state index contributed by atoms with van der Waals surface area (Å²) in [5.41, 5.74) is 4.70. The number of carboxylic acid groups (broad SMARTS) is 1. The quantitative estimate of drug-likeness (QED) is 0.171. The molecule has 0 atom stereocenters. The van der Waals surface area contributed by atoms with E-state index in [1.54, 1.807) is 24.3 Å². The molecule has 0 unspecified atom stereocenters. The predicted molar refractivity (Wildman–Crippen MR) is 160 cm³/mol. The molecule has 1 aromatic heterocycles. The van der Waals surface area contributed by atoms with Crippen LogP contribution in [0.15, 0.2) is 84.2 Å². The second-order valence-corrected chi connectivity index (χ2v) is 10.8. The van der Waals surface area contributed by atoms with Gasteiger partial charge in [-0.1, -0.05) is 69.2 Å². The summed E-state index contributed by atoms with van der Waals surface area (Å²) in [6.45, 7) is 4.73. The smallest absolute Gasteiger partial charge is 0.323 e. The third kappa shape index (κ3) is 8.02. The molecule has 6 nitrogen and oxygen atoms in total. The Morgan fingerprint density at radius 3 is 2.23 bits per heavy atom. The fraction of sp³-hybridized carbons (Fsp3) is 0.303. The van der Waals surface area contributed by atoms with Gasteiger partial charge in [-0.25, -0.2) is 4.98 Å². The van der Waals surface area contributed by atoms with Crippen LogP contribution in [0.1, 0.15) is 71.9 Å². The van der Waals surface area contributed by atoms with Gasteiger partial charge in [0.2, 0.25) is 0 Å². The molecule has 1 N–H and O–H groups in total. The average molecular weight is 557 g/mol. The summed E-state index contributed by atoms with van der Waals surface area (Å²) in [6.07, 6.45) is 4.85. The molecular weight excluding hydrogens is 520 g/mol. The molecule has 0 aliphatic heterocycles. The van der Waals surface area contributed by atoms with Crippen molar-refractivity contribution < 1.29 is 19.4 Å². The van der Waals surface area contributed by atoms with Crippen LogP contribution >= 0.6 is 11.3 Å². The molecule has 0 saturated heterocycles. The Hall–Kier alpha value is -3.97. The number of benzene rings is 3. The van der Waals surface area contributed by atoms with Gasteiger partial charge in [0.15, 0.2) is 0 Å². The van der Waals surface area contributed by atoms with E-state index in [9.17, 15) is 14.7 Å². The van der Waals surface area contributed by atoms with Crippen LogP contribution in [0.3, 0.4) is 0 Å². The number of rotatable bonds is 14. The Kier molecular flexibility index (Phi) is 10.5. The van der Waals surface area contributed by atoms with Gasteiger partial charge in [0, 0.05) is 16.5 Å². The van der Waals surface area contributed by atoms with E-state index in [0.717, 1.165) is 22.6 Å². The van der Waals surface area contributed by atoms with E-state index in [1.807, 2.05) is 35.7 Å². The fourth-order valence-electron chi connectivity index (χ4n) is 4.75. The van der Waals surface area contributed by atoms with E-state index in [0.29, 0.717) is 23.1 Å². The number of carbonyl (C=O) groups excluding carboxylic acids is 1. The first-order valence-electron chi connectivity index (χ1n) is 13.8. The lowest BCUT2D eigenvalue weighted by Crippen LogP contribution is -2.35. The van der Waals surface area contributed by atoms with Crippen molar-refractivity contribution in [3.05, 3.63) is 106 Å². The maximum absolute atomic E-state index is 12.9. The number of ether oxygens (including phenoxy) is 1. The van der Waals surface area contributed by atoms with Crippen LogP contribution in [0.4, 0.5) is 0 Å². The van der Waals surface area contributed by atoms with Crippen molar-refractivity contribution in [2.24, 2.45) is 0 Å². The largest absolute Gasteiger partial charge is 0.489 e. The lowest BCUT2D eigenvalue weighted by Gasteiger charge is -2.19. The minimum Gasteiger partial charge on any atom is -0.489 e. The zero-order chi connectivity index (χ0) is 28.3. The van der Waals surface area contributed by atoms with Gasteiger partial charge < -0.3 is 14.7 Å². The summed E-state index contributed by atoms with van der Waals surface area (Å²) in [5.74, 6) is 0.00921. The molecule has 7 heteroatoms. The van der Waals surface area contributed by atoms with Crippen molar-refractivity contribution in [2.75, 3.05) is 6.54 Å². The highest BCUT2D eigenvalue weighted by Gasteiger charge is 2.20. The molecule has 0 aliphatic carbocycles.